The molecule has 0 atom stereocenters. The van der Waals surface area contributed by atoms with E-state index in [0.717, 1.165) is 22.7 Å². The van der Waals surface area contributed by atoms with Crippen LogP contribution in [0, 0.1) is 0 Å². The number of hydrogen-bond donors (Lipinski definition) is 0. The van der Waals surface area contributed by atoms with Crippen molar-refractivity contribution in [1.29, 1.82) is 0 Å². The summed E-state index contributed by atoms with van der Waals surface area (Å²) in [5, 5.41) is 7.60. The highest BCUT2D eigenvalue weighted by Gasteiger charge is 2.18. The highest BCUT2D eigenvalue weighted by atomic mass is 15.1. The molecular weight excluding hydrogens is 701 g/mol. The predicted octanol–water partition coefficient (Wildman–Crippen LogP) is 15.6. The normalized spacial score (nSPS) is 11.4. The van der Waals surface area contributed by atoms with E-state index in [1.54, 1.807) is 0 Å². The third kappa shape index (κ3) is 5.74. The highest BCUT2D eigenvalue weighted by molar-refractivity contribution is 6.14. The lowest BCUT2D eigenvalue weighted by Gasteiger charge is -2.26. The molecule has 0 radical (unpaired) electrons. The lowest BCUT2D eigenvalue weighted by molar-refractivity contribution is 1.18. The Morgan fingerprint density at radius 3 is 1.33 bits per heavy atom. The molecule has 0 saturated heterocycles. The Bertz CT molecular complexity index is 3200. The van der Waals surface area contributed by atoms with Crippen LogP contribution in [0.2, 0.25) is 0 Å². The molecule has 0 aliphatic heterocycles. The number of aromatic nitrogens is 1. The summed E-state index contributed by atoms with van der Waals surface area (Å²) in [7, 11) is 0. The average Bonchev–Trinajstić information content (AvgIpc) is 3.64. The van der Waals surface area contributed by atoms with Crippen LogP contribution in [0.5, 0.6) is 0 Å². The monoisotopic (exact) mass is 738 g/mol. The Kier molecular flexibility index (Phi) is 8.19. The van der Waals surface area contributed by atoms with Crippen molar-refractivity contribution < 1.29 is 0 Å². The van der Waals surface area contributed by atoms with Gasteiger partial charge in [-0.25, -0.2) is 0 Å². The summed E-state index contributed by atoms with van der Waals surface area (Å²) in [6, 6.07) is 83.6. The second kappa shape index (κ2) is 14.1. The van der Waals surface area contributed by atoms with Gasteiger partial charge in [0.1, 0.15) is 0 Å². The molecule has 2 heteroatoms. The molecule has 0 aliphatic carbocycles. The first-order chi connectivity index (χ1) is 28.8. The van der Waals surface area contributed by atoms with Crippen LogP contribution in [0.4, 0.5) is 17.1 Å². The summed E-state index contributed by atoms with van der Waals surface area (Å²) in [6.45, 7) is 0. The van der Waals surface area contributed by atoms with E-state index in [-0.39, 0.29) is 0 Å². The van der Waals surface area contributed by atoms with Gasteiger partial charge in [-0.1, -0.05) is 170 Å². The van der Waals surface area contributed by atoms with E-state index in [2.05, 4.69) is 240 Å². The number of rotatable bonds is 7. The Morgan fingerprint density at radius 1 is 0.276 bits per heavy atom. The van der Waals surface area contributed by atoms with Crippen molar-refractivity contribution in [1.82, 2.24) is 4.57 Å². The fourth-order valence-corrected chi connectivity index (χ4v) is 8.85. The van der Waals surface area contributed by atoms with Gasteiger partial charge in [0.25, 0.3) is 0 Å². The predicted molar refractivity (Wildman–Crippen MR) is 247 cm³/mol. The Balaban J connectivity index is 1.01. The van der Waals surface area contributed by atoms with Gasteiger partial charge in [-0.3, -0.25) is 0 Å². The van der Waals surface area contributed by atoms with Gasteiger partial charge in [-0.2, -0.15) is 0 Å². The maximum absolute atomic E-state index is 2.41. The molecule has 0 bridgehead atoms. The van der Waals surface area contributed by atoms with Gasteiger partial charge in [-0.15, -0.1) is 0 Å². The van der Waals surface area contributed by atoms with Crippen molar-refractivity contribution in [2.24, 2.45) is 0 Å². The minimum Gasteiger partial charge on any atom is -0.311 e. The SMILES string of the molecule is c1ccc(-c2ccc(N(c3ccc(-c4ccccc4-n4c5ccccc5c5ccccc54)cc3)c3ccc(-c4cc5ccccc5c5ccccc45)cc3)cc2)cc1. The van der Waals surface area contributed by atoms with E-state index in [0.29, 0.717) is 0 Å². The molecule has 11 aromatic rings. The van der Waals surface area contributed by atoms with Crippen LogP contribution in [0.1, 0.15) is 0 Å². The number of benzene rings is 10. The zero-order chi connectivity index (χ0) is 38.4. The van der Waals surface area contributed by atoms with Crippen molar-refractivity contribution in [3.05, 3.63) is 231 Å². The second-order valence-corrected chi connectivity index (χ2v) is 14.9. The molecular formula is C56H38N2. The molecule has 1 aromatic heterocycles. The molecule has 0 saturated carbocycles. The molecule has 0 unspecified atom stereocenters. The summed E-state index contributed by atoms with van der Waals surface area (Å²) in [4.78, 5) is 2.36. The summed E-state index contributed by atoms with van der Waals surface area (Å²) < 4.78 is 2.41. The Morgan fingerprint density at radius 2 is 0.707 bits per heavy atom. The first-order valence-electron chi connectivity index (χ1n) is 19.9. The maximum Gasteiger partial charge on any atom is 0.0541 e. The smallest absolute Gasteiger partial charge is 0.0541 e. The van der Waals surface area contributed by atoms with Crippen LogP contribution in [-0.2, 0) is 0 Å². The first kappa shape index (κ1) is 33.6. The summed E-state index contributed by atoms with van der Waals surface area (Å²) in [5.41, 5.74) is 14.1. The minimum absolute atomic E-state index is 1.09. The van der Waals surface area contributed by atoms with Crippen molar-refractivity contribution in [2.75, 3.05) is 4.90 Å². The van der Waals surface area contributed by atoms with E-state index in [1.807, 2.05) is 0 Å². The van der Waals surface area contributed by atoms with Gasteiger partial charge >= 0.3 is 0 Å². The van der Waals surface area contributed by atoms with Crippen LogP contribution < -0.4 is 4.90 Å². The molecule has 11 rings (SSSR count). The Hall–Kier alpha value is -7.68. The standard InChI is InChI=1S/C56H38N2/c1-2-14-39(15-3-1)40-26-32-44(33-27-40)57(46-36-30-42(31-37-46)53-38-43-16-4-5-17-47(43)49-19-6-7-20-50(49)53)45-34-28-41(29-35-45)48-18-8-11-23-54(48)58-55-24-12-9-21-51(55)52-22-10-13-25-56(52)58/h1-38H. The number of para-hydroxylation sites is 3. The van der Waals surface area contributed by atoms with Gasteiger partial charge in [0, 0.05) is 33.4 Å². The molecule has 0 fully saturated rings. The molecule has 58 heavy (non-hydrogen) atoms. The molecule has 0 N–H and O–H groups in total. The van der Waals surface area contributed by atoms with Crippen LogP contribution in [0.3, 0.4) is 0 Å². The summed E-state index contributed by atoms with van der Waals surface area (Å²) in [6.07, 6.45) is 0. The van der Waals surface area contributed by atoms with Gasteiger partial charge in [0.15, 0.2) is 0 Å². The Labute approximate surface area is 338 Å². The molecule has 0 spiro atoms. The third-order valence-electron chi connectivity index (χ3n) is 11.6. The average molecular weight is 739 g/mol. The largest absolute Gasteiger partial charge is 0.311 e. The summed E-state index contributed by atoms with van der Waals surface area (Å²) >= 11 is 0. The lowest BCUT2D eigenvalue weighted by atomic mass is 9.93. The number of hydrogen-bond acceptors (Lipinski definition) is 1. The van der Waals surface area contributed by atoms with Gasteiger partial charge in [-0.05, 0) is 110 Å². The van der Waals surface area contributed by atoms with Crippen molar-refractivity contribution in [3.8, 4) is 39.1 Å². The van der Waals surface area contributed by atoms with E-state index in [4.69, 9.17) is 0 Å². The van der Waals surface area contributed by atoms with Crippen LogP contribution in [0.15, 0.2) is 231 Å². The number of fused-ring (bicyclic) bond motifs is 6. The second-order valence-electron chi connectivity index (χ2n) is 14.9. The van der Waals surface area contributed by atoms with Crippen molar-refractivity contribution in [3.63, 3.8) is 0 Å². The maximum atomic E-state index is 2.41. The minimum atomic E-state index is 1.09. The van der Waals surface area contributed by atoms with E-state index >= 15 is 0 Å². The molecule has 0 amide bonds. The zero-order valence-corrected chi connectivity index (χ0v) is 31.8. The van der Waals surface area contributed by atoms with Crippen LogP contribution in [0.25, 0.3) is 82.4 Å². The van der Waals surface area contributed by atoms with Gasteiger partial charge in [0.05, 0.1) is 16.7 Å². The van der Waals surface area contributed by atoms with Crippen molar-refractivity contribution in [2.45, 2.75) is 0 Å². The molecule has 272 valence electrons. The zero-order valence-electron chi connectivity index (χ0n) is 31.8. The lowest BCUT2D eigenvalue weighted by Crippen LogP contribution is -2.09. The van der Waals surface area contributed by atoms with Gasteiger partial charge < -0.3 is 9.47 Å². The molecule has 1 heterocycles. The highest BCUT2D eigenvalue weighted by Crippen LogP contribution is 2.41. The number of anilines is 3. The van der Waals surface area contributed by atoms with Crippen LogP contribution in [-0.4, -0.2) is 4.57 Å². The molecule has 0 aliphatic rings. The first-order valence-corrected chi connectivity index (χ1v) is 19.9. The van der Waals surface area contributed by atoms with E-state index < -0.39 is 0 Å². The van der Waals surface area contributed by atoms with Crippen LogP contribution >= 0.6 is 0 Å². The molecule has 2 nitrogen and oxygen atoms in total. The fourth-order valence-electron chi connectivity index (χ4n) is 8.85. The topological polar surface area (TPSA) is 8.17 Å². The van der Waals surface area contributed by atoms with E-state index in [9.17, 15) is 0 Å². The quantitative estimate of drug-likeness (QED) is 0.148. The number of nitrogens with zero attached hydrogens (tertiary/aromatic N) is 2. The fraction of sp³-hybridized carbons (Fsp3) is 0. The molecule has 10 aromatic carbocycles. The van der Waals surface area contributed by atoms with Crippen molar-refractivity contribution >= 4 is 60.4 Å². The van der Waals surface area contributed by atoms with E-state index in [1.165, 1.54) is 76.7 Å². The third-order valence-corrected chi connectivity index (χ3v) is 11.6. The summed E-state index contributed by atoms with van der Waals surface area (Å²) in [5.74, 6) is 0. The van der Waals surface area contributed by atoms with Gasteiger partial charge in [0.2, 0.25) is 0 Å².